The number of hydrogen-bond acceptors (Lipinski definition) is 4. The maximum absolute atomic E-state index is 11.0. The summed E-state index contributed by atoms with van der Waals surface area (Å²) in [5, 5.41) is 11.0. The highest BCUT2D eigenvalue weighted by molar-refractivity contribution is 9.10. The van der Waals surface area contributed by atoms with Crippen LogP contribution in [0.4, 0.5) is 5.69 Å². The van der Waals surface area contributed by atoms with Crippen molar-refractivity contribution < 1.29 is 4.92 Å². The molecule has 1 aliphatic rings. The second kappa shape index (κ2) is 6.65. The monoisotopic (exact) mass is 341 g/mol. The molecule has 2 rings (SSSR count). The Bertz CT molecular complexity index is 493. The number of nitro groups is 1. The smallest absolute Gasteiger partial charge is 0.283 e. The molecule has 0 aromatic heterocycles. The molecular weight excluding hydrogens is 322 g/mol. The van der Waals surface area contributed by atoms with Crippen molar-refractivity contribution in [2.45, 2.75) is 25.4 Å². The summed E-state index contributed by atoms with van der Waals surface area (Å²) >= 11 is 3.23. The van der Waals surface area contributed by atoms with Crippen molar-refractivity contribution in [1.82, 2.24) is 9.80 Å². The van der Waals surface area contributed by atoms with Crippen LogP contribution in [0, 0.1) is 10.1 Å². The van der Waals surface area contributed by atoms with E-state index in [1.807, 2.05) is 6.07 Å². The van der Waals surface area contributed by atoms with Gasteiger partial charge in [-0.15, -0.1) is 0 Å². The fraction of sp³-hybridized carbons (Fsp3) is 0.571. The van der Waals surface area contributed by atoms with Crippen molar-refractivity contribution in [2.75, 3.05) is 27.2 Å². The minimum Gasteiger partial charge on any atom is -0.308 e. The molecule has 5 nitrogen and oxygen atoms in total. The summed E-state index contributed by atoms with van der Waals surface area (Å²) in [6.45, 7) is 2.90. The van der Waals surface area contributed by atoms with E-state index in [9.17, 15) is 10.1 Å². The van der Waals surface area contributed by atoms with Gasteiger partial charge in [0.15, 0.2) is 0 Å². The van der Waals surface area contributed by atoms with E-state index < -0.39 is 0 Å². The Kier molecular flexibility index (Phi) is 5.12. The Morgan fingerprint density at radius 2 is 2.25 bits per heavy atom. The van der Waals surface area contributed by atoms with Gasteiger partial charge < -0.3 is 4.90 Å². The first-order valence-corrected chi connectivity index (χ1v) is 7.58. The maximum atomic E-state index is 11.0. The van der Waals surface area contributed by atoms with Crippen LogP contribution >= 0.6 is 15.9 Å². The quantitative estimate of drug-likeness (QED) is 0.610. The summed E-state index contributed by atoms with van der Waals surface area (Å²) in [7, 11) is 4.17. The van der Waals surface area contributed by atoms with E-state index in [1.165, 1.54) is 12.8 Å². The SMILES string of the molecule is CN(C)CC1CCCN1Cc1ccc(Br)c([N+](=O)[O-])c1. The first-order chi connectivity index (χ1) is 9.47. The maximum Gasteiger partial charge on any atom is 0.283 e. The van der Waals surface area contributed by atoms with Crippen LogP contribution in [0.15, 0.2) is 22.7 Å². The summed E-state index contributed by atoms with van der Waals surface area (Å²) in [5.74, 6) is 0. The average Bonchev–Trinajstić information content (AvgIpc) is 2.78. The van der Waals surface area contributed by atoms with E-state index in [0.717, 1.165) is 25.2 Å². The highest BCUT2D eigenvalue weighted by atomic mass is 79.9. The molecule has 110 valence electrons. The third-order valence-corrected chi connectivity index (χ3v) is 4.34. The van der Waals surface area contributed by atoms with E-state index in [0.29, 0.717) is 10.5 Å². The second-order valence-electron chi connectivity index (χ2n) is 5.57. The normalized spacial score (nSPS) is 19.7. The summed E-state index contributed by atoms with van der Waals surface area (Å²) in [6.07, 6.45) is 2.41. The lowest BCUT2D eigenvalue weighted by atomic mass is 10.1. The molecule has 0 amide bonds. The molecule has 1 saturated heterocycles. The predicted molar refractivity (Wildman–Crippen MR) is 82.8 cm³/mol. The Hall–Kier alpha value is -0.980. The van der Waals surface area contributed by atoms with Crippen LogP contribution in [0.25, 0.3) is 0 Å². The van der Waals surface area contributed by atoms with Gasteiger partial charge in [-0.05, 0) is 61.0 Å². The molecule has 0 radical (unpaired) electrons. The van der Waals surface area contributed by atoms with Crippen LogP contribution < -0.4 is 0 Å². The van der Waals surface area contributed by atoms with Crippen LogP contribution in [0.5, 0.6) is 0 Å². The van der Waals surface area contributed by atoms with Crippen LogP contribution in [0.1, 0.15) is 18.4 Å². The Labute approximate surface area is 127 Å². The lowest BCUT2D eigenvalue weighted by Gasteiger charge is -2.27. The van der Waals surface area contributed by atoms with Crippen LogP contribution in [-0.4, -0.2) is 47.9 Å². The summed E-state index contributed by atoms with van der Waals surface area (Å²) in [6, 6.07) is 5.95. The van der Waals surface area contributed by atoms with Gasteiger partial charge in [-0.3, -0.25) is 15.0 Å². The molecule has 0 aliphatic carbocycles. The van der Waals surface area contributed by atoms with E-state index in [4.69, 9.17) is 0 Å². The van der Waals surface area contributed by atoms with Gasteiger partial charge in [0.25, 0.3) is 5.69 Å². The fourth-order valence-corrected chi connectivity index (χ4v) is 3.15. The zero-order valence-corrected chi connectivity index (χ0v) is 13.5. The van der Waals surface area contributed by atoms with E-state index >= 15 is 0 Å². The number of halogens is 1. The minimum absolute atomic E-state index is 0.144. The van der Waals surface area contributed by atoms with Crippen molar-refractivity contribution in [3.8, 4) is 0 Å². The molecule has 6 heteroatoms. The molecule has 1 aliphatic heterocycles. The topological polar surface area (TPSA) is 49.6 Å². The molecule has 1 aromatic rings. The molecule has 20 heavy (non-hydrogen) atoms. The zero-order chi connectivity index (χ0) is 14.7. The highest BCUT2D eigenvalue weighted by Crippen LogP contribution is 2.27. The molecule has 1 heterocycles. The number of nitrogens with zero attached hydrogens (tertiary/aromatic N) is 3. The summed E-state index contributed by atoms with van der Waals surface area (Å²) < 4.78 is 0.539. The molecule has 1 fully saturated rings. The predicted octanol–water partition coefficient (Wildman–Crippen LogP) is 2.88. The number of hydrogen-bond donors (Lipinski definition) is 0. The lowest BCUT2D eigenvalue weighted by molar-refractivity contribution is -0.385. The van der Waals surface area contributed by atoms with Crippen LogP contribution in [-0.2, 0) is 6.54 Å². The zero-order valence-electron chi connectivity index (χ0n) is 11.9. The molecule has 1 aromatic carbocycles. The molecule has 0 bridgehead atoms. The number of likely N-dealkylation sites (tertiary alicyclic amines) is 1. The standard InChI is InChI=1S/C14H20BrN3O2/c1-16(2)10-12-4-3-7-17(12)9-11-5-6-13(15)14(8-11)18(19)20/h5-6,8,12H,3-4,7,9-10H2,1-2H3. The summed E-state index contributed by atoms with van der Waals surface area (Å²) in [5.41, 5.74) is 1.15. The number of nitro benzene ring substituents is 1. The first-order valence-electron chi connectivity index (χ1n) is 6.79. The minimum atomic E-state index is -0.338. The third-order valence-electron chi connectivity index (χ3n) is 3.67. The number of rotatable bonds is 5. The van der Waals surface area contributed by atoms with Gasteiger partial charge in [-0.2, -0.15) is 0 Å². The van der Waals surface area contributed by atoms with E-state index in [2.05, 4.69) is 39.8 Å². The Morgan fingerprint density at radius 3 is 2.90 bits per heavy atom. The van der Waals surface area contributed by atoms with Gasteiger partial charge in [0.05, 0.1) is 9.40 Å². The Balaban J connectivity index is 2.09. The van der Waals surface area contributed by atoms with Crippen molar-refractivity contribution in [3.05, 3.63) is 38.3 Å². The number of likely N-dealkylation sites (N-methyl/N-ethyl adjacent to an activating group) is 1. The van der Waals surface area contributed by atoms with E-state index in [-0.39, 0.29) is 10.6 Å². The van der Waals surface area contributed by atoms with Gasteiger partial charge in [-0.1, -0.05) is 6.07 Å². The third kappa shape index (κ3) is 3.77. The molecule has 0 spiro atoms. The van der Waals surface area contributed by atoms with Crippen molar-refractivity contribution >= 4 is 21.6 Å². The van der Waals surface area contributed by atoms with Gasteiger partial charge in [0.2, 0.25) is 0 Å². The largest absolute Gasteiger partial charge is 0.308 e. The molecule has 1 atom stereocenters. The summed E-state index contributed by atoms with van der Waals surface area (Å²) in [4.78, 5) is 15.3. The van der Waals surface area contributed by atoms with Gasteiger partial charge >= 0.3 is 0 Å². The second-order valence-corrected chi connectivity index (χ2v) is 6.43. The van der Waals surface area contributed by atoms with Crippen LogP contribution in [0.3, 0.4) is 0 Å². The van der Waals surface area contributed by atoms with Crippen LogP contribution in [0.2, 0.25) is 0 Å². The van der Waals surface area contributed by atoms with E-state index in [1.54, 1.807) is 12.1 Å². The highest BCUT2D eigenvalue weighted by Gasteiger charge is 2.25. The van der Waals surface area contributed by atoms with Crippen molar-refractivity contribution in [1.29, 1.82) is 0 Å². The lowest BCUT2D eigenvalue weighted by Crippen LogP contribution is -2.37. The average molecular weight is 342 g/mol. The van der Waals surface area contributed by atoms with Crippen molar-refractivity contribution in [3.63, 3.8) is 0 Å². The first kappa shape index (κ1) is 15.4. The van der Waals surface area contributed by atoms with Gasteiger partial charge in [0.1, 0.15) is 0 Å². The molecular formula is C14H20BrN3O2. The van der Waals surface area contributed by atoms with Gasteiger partial charge in [0, 0.05) is 25.2 Å². The fourth-order valence-electron chi connectivity index (χ4n) is 2.76. The Morgan fingerprint density at radius 1 is 1.50 bits per heavy atom. The van der Waals surface area contributed by atoms with Gasteiger partial charge in [-0.25, -0.2) is 0 Å². The molecule has 1 unspecified atom stereocenters. The number of benzene rings is 1. The molecule has 0 saturated carbocycles. The molecule has 0 N–H and O–H groups in total. The van der Waals surface area contributed by atoms with Crippen molar-refractivity contribution in [2.24, 2.45) is 0 Å².